The normalized spacial score (nSPS) is 22.7. The van der Waals surface area contributed by atoms with Gasteiger partial charge in [0.05, 0.1) is 17.7 Å². The van der Waals surface area contributed by atoms with Crippen molar-refractivity contribution in [3.8, 4) is 0 Å². The number of ether oxygens (including phenoxy) is 1. The number of rotatable bonds is 3. The summed E-state index contributed by atoms with van der Waals surface area (Å²) in [5, 5.41) is 9.01. The van der Waals surface area contributed by atoms with Crippen LogP contribution in [-0.2, 0) is 4.74 Å². The number of hydrogen-bond donors (Lipinski definition) is 1. The van der Waals surface area contributed by atoms with E-state index in [4.69, 9.17) is 14.3 Å². The van der Waals surface area contributed by atoms with Gasteiger partial charge in [-0.05, 0) is 38.0 Å². The first-order valence-corrected chi connectivity index (χ1v) is 6.95. The fourth-order valence-corrected chi connectivity index (χ4v) is 2.72. The SMILES string of the molecule is COC1(C)CCCN(c2nc3ccc(C(=O)O)cc3o2)C1. The molecule has 0 aliphatic carbocycles. The molecule has 0 radical (unpaired) electrons. The number of carboxylic acids is 1. The highest BCUT2D eigenvalue weighted by molar-refractivity contribution is 5.92. The third-order valence-corrected chi connectivity index (χ3v) is 4.05. The zero-order chi connectivity index (χ0) is 15.0. The summed E-state index contributed by atoms with van der Waals surface area (Å²) >= 11 is 0. The van der Waals surface area contributed by atoms with Gasteiger partial charge in [0.25, 0.3) is 6.01 Å². The van der Waals surface area contributed by atoms with Crippen LogP contribution in [-0.4, -0.2) is 41.9 Å². The lowest BCUT2D eigenvalue weighted by molar-refractivity contribution is -0.00559. The van der Waals surface area contributed by atoms with Crippen LogP contribution in [0.3, 0.4) is 0 Å². The second-order valence-corrected chi connectivity index (χ2v) is 5.66. The van der Waals surface area contributed by atoms with E-state index in [1.165, 1.54) is 12.1 Å². The van der Waals surface area contributed by atoms with Gasteiger partial charge in [0.2, 0.25) is 0 Å². The molecule has 112 valence electrons. The molecule has 1 atom stereocenters. The van der Waals surface area contributed by atoms with Crippen LogP contribution in [0.2, 0.25) is 0 Å². The summed E-state index contributed by atoms with van der Waals surface area (Å²) in [5.74, 6) is -0.972. The Hall–Kier alpha value is -2.08. The fourth-order valence-electron chi connectivity index (χ4n) is 2.72. The van der Waals surface area contributed by atoms with Gasteiger partial charge in [-0.15, -0.1) is 0 Å². The Balaban J connectivity index is 1.92. The number of carboxylic acid groups (broad SMARTS) is 1. The molecule has 0 bridgehead atoms. The molecule has 1 aliphatic rings. The summed E-state index contributed by atoms with van der Waals surface area (Å²) in [6, 6.07) is 5.24. The summed E-state index contributed by atoms with van der Waals surface area (Å²) in [4.78, 5) is 17.5. The van der Waals surface area contributed by atoms with E-state index in [1.807, 2.05) is 4.90 Å². The summed E-state index contributed by atoms with van der Waals surface area (Å²) in [7, 11) is 1.72. The van der Waals surface area contributed by atoms with E-state index in [2.05, 4.69) is 11.9 Å². The Labute approximate surface area is 122 Å². The number of aromatic nitrogens is 1. The third-order valence-electron chi connectivity index (χ3n) is 4.05. The van der Waals surface area contributed by atoms with Crippen molar-refractivity contribution in [3.63, 3.8) is 0 Å². The molecule has 0 spiro atoms. The highest BCUT2D eigenvalue weighted by Crippen LogP contribution is 2.30. The van der Waals surface area contributed by atoms with E-state index in [0.29, 0.717) is 23.7 Å². The van der Waals surface area contributed by atoms with Crippen LogP contribution in [0.4, 0.5) is 6.01 Å². The van der Waals surface area contributed by atoms with Gasteiger partial charge in [-0.25, -0.2) is 4.79 Å². The molecular formula is C15H18N2O4. The number of methoxy groups -OCH3 is 1. The van der Waals surface area contributed by atoms with Crippen molar-refractivity contribution in [2.75, 3.05) is 25.1 Å². The number of anilines is 1. The number of oxazole rings is 1. The molecule has 2 heterocycles. The van der Waals surface area contributed by atoms with E-state index in [0.717, 1.165) is 19.4 Å². The maximum atomic E-state index is 11.0. The smallest absolute Gasteiger partial charge is 0.335 e. The molecular weight excluding hydrogens is 272 g/mol. The zero-order valence-electron chi connectivity index (χ0n) is 12.1. The topological polar surface area (TPSA) is 75.8 Å². The van der Waals surface area contributed by atoms with E-state index in [-0.39, 0.29) is 11.2 Å². The van der Waals surface area contributed by atoms with Crippen molar-refractivity contribution in [1.82, 2.24) is 4.98 Å². The molecule has 1 fully saturated rings. The van der Waals surface area contributed by atoms with E-state index in [1.54, 1.807) is 13.2 Å². The number of fused-ring (bicyclic) bond motifs is 1. The van der Waals surface area contributed by atoms with Crippen molar-refractivity contribution in [2.45, 2.75) is 25.4 Å². The quantitative estimate of drug-likeness (QED) is 0.936. The Bertz CT molecular complexity index is 681. The fraction of sp³-hybridized carbons (Fsp3) is 0.467. The molecule has 1 unspecified atom stereocenters. The molecule has 2 aromatic rings. The molecule has 21 heavy (non-hydrogen) atoms. The minimum Gasteiger partial charge on any atom is -0.478 e. The monoisotopic (exact) mass is 290 g/mol. The third kappa shape index (κ3) is 2.58. The van der Waals surface area contributed by atoms with Crippen molar-refractivity contribution >= 4 is 23.1 Å². The van der Waals surface area contributed by atoms with Crippen LogP contribution in [0.1, 0.15) is 30.1 Å². The Kier molecular flexibility index (Phi) is 3.33. The molecule has 1 aliphatic heterocycles. The van der Waals surface area contributed by atoms with Crippen LogP contribution in [0.25, 0.3) is 11.1 Å². The van der Waals surface area contributed by atoms with E-state index < -0.39 is 5.97 Å². The Morgan fingerprint density at radius 3 is 3.05 bits per heavy atom. The summed E-state index contributed by atoms with van der Waals surface area (Å²) in [6.07, 6.45) is 2.01. The van der Waals surface area contributed by atoms with Crippen molar-refractivity contribution in [1.29, 1.82) is 0 Å². The molecule has 6 nitrogen and oxygen atoms in total. The average Bonchev–Trinajstić information content (AvgIpc) is 2.90. The van der Waals surface area contributed by atoms with Crippen molar-refractivity contribution in [3.05, 3.63) is 23.8 Å². The van der Waals surface area contributed by atoms with Gasteiger partial charge in [0.1, 0.15) is 5.52 Å². The van der Waals surface area contributed by atoms with Crippen molar-refractivity contribution < 1.29 is 19.1 Å². The van der Waals surface area contributed by atoms with Crippen molar-refractivity contribution in [2.24, 2.45) is 0 Å². The summed E-state index contributed by atoms with van der Waals surface area (Å²) < 4.78 is 11.3. The molecule has 0 amide bonds. The highest BCUT2D eigenvalue weighted by Gasteiger charge is 2.32. The van der Waals surface area contributed by atoms with Crippen LogP contribution in [0.15, 0.2) is 22.6 Å². The molecule has 1 N–H and O–H groups in total. The predicted octanol–water partition coefficient (Wildman–Crippen LogP) is 2.53. The van der Waals surface area contributed by atoms with E-state index >= 15 is 0 Å². The molecule has 6 heteroatoms. The van der Waals surface area contributed by atoms with Crippen LogP contribution >= 0.6 is 0 Å². The largest absolute Gasteiger partial charge is 0.478 e. The zero-order valence-corrected chi connectivity index (χ0v) is 12.1. The minimum absolute atomic E-state index is 0.200. The minimum atomic E-state index is -0.972. The second kappa shape index (κ2) is 5.04. The number of piperidine rings is 1. The lowest BCUT2D eigenvalue weighted by Crippen LogP contribution is -2.47. The molecule has 3 rings (SSSR count). The number of hydrogen-bond acceptors (Lipinski definition) is 5. The van der Waals surface area contributed by atoms with Crippen LogP contribution in [0, 0.1) is 0 Å². The van der Waals surface area contributed by atoms with Gasteiger partial charge < -0.3 is 19.2 Å². The first kappa shape index (κ1) is 13.9. The summed E-state index contributed by atoms with van der Waals surface area (Å²) in [5.41, 5.74) is 1.16. The average molecular weight is 290 g/mol. The Morgan fingerprint density at radius 2 is 2.33 bits per heavy atom. The maximum absolute atomic E-state index is 11.0. The summed E-state index contributed by atoms with van der Waals surface area (Å²) in [6.45, 7) is 3.64. The standard InChI is InChI=1S/C15H18N2O4/c1-15(20-2)6-3-7-17(9-15)14-16-11-5-4-10(13(18)19)8-12(11)21-14/h4-5,8H,3,6-7,9H2,1-2H3,(H,18,19). The molecule has 1 aromatic carbocycles. The number of aromatic carboxylic acids is 1. The number of benzene rings is 1. The Morgan fingerprint density at radius 1 is 1.52 bits per heavy atom. The first-order chi connectivity index (χ1) is 10.0. The van der Waals surface area contributed by atoms with Crippen LogP contribution in [0.5, 0.6) is 0 Å². The lowest BCUT2D eigenvalue weighted by Gasteiger charge is -2.38. The lowest BCUT2D eigenvalue weighted by atomic mass is 9.95. The van der Waals surface area contributed by atoms with Gasteiger partial charge in [0.15, 0.2) is 5.58 Å². The van der Waals surface area contributed by atoms with Gasteiger partial charge in [-0.3, -0.25) is 0 Å². The second-order valence-electron chi connectivity index (χ2n) is 5.66. The van der Waals surface area contributed by atoms with E-state index in [9.17, 15) is 4.79 Å². The van der Waals surface area contributed by atoms with Gasteiger partial charge in [0, 0.05) is 13.7 Å². The van der Waals surface area contributed by atoms with Gasteiger partial charge in [-0.1, -0.05) is 0 Å². The first-order valence-electron chi connectivity index (χ1n) is 6.95. The predicted molar refractivity (Wildman–Crippen MR) is 77.8 cm³/mol. The number of nitrogens with zero attached hydrogens (tertiary/aromatic N) is 2. The molecule has 0 saturated carbocycles. The van der Waals surface area contributed by atoms with Gasteiger partial charge >= 0.3 is 5.97 Å². The number of carbonyl (C=O) groups is 1. The maximum Gasteiger partial charge on any atom is 0.335 e. The molecule has 1 aromatic heterocycles. The van der Waals surface area contributed by atoms with Crippen LogP contribution < -0.4 is 4.90 Å². The molecule has 1 saturated heterocycles. The highest BCUT2D eigenvalue weighted by atomic mass is 16.5. The van der Waals surface area contributed by atoms with Gasteiger partial charge in [-0.2, -0.15) is 4.98 Å².